The van der Waals surface area contributed by atoms with Gasteiger partial charge < -0.3 is 15.6 Å². The molecule has 2 rings (SSSR count). The molecule has 6 heteroatoms. The molecule has 0 unspecified atom stereocenters. The molecule has 1 amide bonds. The predicted octanol–water partition coefficient (Wildman–Crippen LogP) is 3.50. The van der Waals surface area contributed by atoms with Crippen LogP contribution in [0.25, 0.3) is 0 Å². The highest BCUT2D eigenvalue weighted by Gasteiger charge is 2.24. The van der Waals surface area contributed by atoms with Gasteiger partial charge in [-0.1, -0.05) is 13.8 Å². The summed E-state index contributed by atoms with van der Waals surface area (Å²) in [5.74, 6) is -0.171. The maximum atomic E-state index is 13.1. The first-order valence-electron chi connectivity index (χ1n) is 8.25. The molecule has 1 aromatic heterocycles. The number of hydrogen-bond donors (Lipinski definition) is 2. The summed E-state index contributed by atoms with van der Waals surface area (Å²) in [5, 5.41) is 10.9. The van der Waals surface area contributed by atoms with Gasteiger partial charge in [-0.05, 0) is 32.8 Å². The highest BCUT2D eigenvalue weighted by atomic mass is 19.1. The van der Waals surface area contributed by atoms with E-state index in [1.54, 1.807) is 24.1 Å². The molecule has 5 nitrogen and oxygen atoms in total. The molecule has 0 aromatic carbocycles. The van der Waals surface area contributed by atoms with Crippen LogP contribution in [0.5, 0.6) is 0 Å². The summed E-state index contributed by atoms with van der Waals surface area (Å²) in [6, 6.07) is 1.68. The summed E-state index contributed by atoms with van der Waals surface area (Å²) in [4.78, 5) is 18.2. The van der Waals surface area contributed by atoms with Crippen molar-refractivity contribution >= 4 is 17.3 Å². The van der Waals surface area contributed by atoms with Gasteiger partial charge in [-0.2, -0.15) is 0 Å². The van der Waals surface area contributed by atoms with E-state index in [9.17, 15) is 9.18 Å². The summed E-state index contributed by atoms with van der Waals surface area (Å²) < 4.78 is 13.1. The van der Waals surface area contributed by atoms with Crippen LogP contribution in [0.3, 0.4) is 0 Å². The Hall–Kier alpha value is -1.98. The Morgan fingerprint density at radius 3 is 2.57 bits per heavy atom. The molecule has 0 radical (unpaired) electrons. The van der Waals surface area contributed by atoms with Crippen molar-refractivity contribution in [3.05, 3.63) is 23.5 Å². The van der Waals surface area contributed by atoms with E-state index in [-0.39, 0.29) is 5.91 Å². The quantitative estimate of drug-likeness (QED) is 0.834. The number of aromatic nitrogens is 1. The predicted molar refractivity (Wildman–Crippen MR) is 92.3 cm³/mol. The fourth-order valence-electron chi connectivity index (χ4n) is 2.42. The zero-order valence-electron chi connectivity index (χ0n) is 14.4. The second-order valence-corrected chi connectivity index (χ2v) is 5.24. The summed E-state index contributed by atoms with van der Waals surface area (Å²) in [6.45, 7) is 9.21. The van der Waals surface area contributed by atoms with Crippen LogP contribution >= 0.6 is 0 Å². The number of carbonyl (C=O) groups is 1. The Kier molecular flexibility index (Phi) is 7.65. The largest absolute Gasteiger partial charge is 0.385 e. The molecule has 0 aliphatic carbocycles. The monoisotopic (exact) mass is 322 g/mol. The Bertz CT molecular complexity index is 539. The first kappa shape index (κ1) is 19.1. The van der Waals surface area contributed by atoms with E-state index in [0.29, 0.717) is 49.4 Å². The van der Waals surface area contributed by atoms with Gasteiger partial charge in [0.25, 0.3) is 5.91 Å². The number of piperidine rings is 1. The normalized spacial score (nSPS) is 14.7. The standard InChI is InChI=1S/C15H21FN4O.C2H6/c1-3-18-13-8-14(19-9-12(13)10(2)17)15(21)20-6-4-11(16)5-7-20;1-2/h8-9,11,17H,3-7H2,1-2H3,(H,18,19);1-2H3. The Morgan fingerprint density at radius 2 is 2.04 bits per heavy atom. The molecule has 1 aliphatic heterocycles. The number of nitrogens with zero attached hydrogens (tertiary/aromatic N) is 2. The van der Waals surface area contributed by atoms with Crippen LogP contribution in [0.4, 0.5) is 10.1 Å². The maximum absolute atomic E-state index is 13.1. The molecule has 1 saturated heterocycles. The van der Waals surface area contributed by atoms with Gasteiger partial charge in [0.2, 0.25) is 0 Å². The molecule has 1 aliphatic rings. The lowest BCUT2D eigenvalue weighted by molar-refractivity contribution is 0.0661. The van der Waals surface area contributed by atoms with Gasteiger partial charge >= 0.3 is 0 Å². The van der Waals surface area contributed by atoms with Crippen molar-refractivity contribution in [1.29, 1.82) is 5.41 Å². The highest BCUT2D eigenvalue weighted by molar-refractivity contribution is 6.02. The molecule has 1 aromatic rings. The molecule has 1 fully saturated rings. The Labute approximate surface area is 137 Å². The van der Waals surface area contributed by atoms with Crippen molar-refractivity contribution in [3.63, 3.8) is 0 Å². The van der Waals surface area contributed by atoms with Crippen LogP contribution in [0.1, 0.15) is 56.6 Å². The van der Waals surface area contributed by atoms with Crippen LogP contribution in [-0.4, -0.2) is 47.3 Å². The number of amides is 1. The second-order valence-electron chi connectivity index (χ2n) is 5.24. The molecule has 2 N–H and O–H groups in total. The Balaban J connectivity index is 0.00000127. The molecule has 0 bridgehead atoms. The minimum Gasteiger partial charge on any atom is -0.385 e. The number of hydrogen-bond acceptors (Lipinski definition) is 4. The number of alkyl halides is 1. The first-order chi connectivity index (χ1) is 11.0. The summed E-state index contributed by atoms with van der Waals surface area (Å²) >= 11 is 0. The molecular formula is C17H27FN4O. The van der Waals surface area contributed by atoms with Crippen molar-refractivity contribution in [1.82, 2.24) is 9.88 Å². The Morgan fingerprint density at radius 1 is 1.43 bits per heavy atom. The molecule has 23 heavy (non-hydrogen) atoms. The molecule has 2 heterocycles. The van der Waals surface area contributed by atoms with Crippen molar-refractivity contribution in [2.45, 2.75) is 46.7 Å². The number of halogens is 1. The fourth-order valence-corrected chi connectivity index (χ4v) is 2.42. The van der Waals surface area contributed by atoms with Crippen molar-refractivity contribution < 1.29 is 9.18 Å². The molecular weight excluding hydrogens is 295 g/mol. The number of nitrogens with one attached hydrogen (secondary N) is 2. The van der Waals surface area contributed by atoms with E-state index in [2.05, 4.69) is 10.3 Å². The number of rotatable bonds is 4. The molecule has 0 atom stereocenters. The van der Waals surface area contributed by atoms with Gasteiger partial charge in [-0.25, -0.2) is 4.39 Å². The average Bonchev–Trinajstić information content (AvgIpc) is 2.57. The van der Waals surface area contributed by atoms with Crippen LogP contribution in [0.15, 0.2) is 12.3 Å². The maximum Gasteiger partial charge on any atom is 0.272 e. The van der Waals surface area contributed by atoms with Crippen molar-refractivity contribution in [3.8, 4) is 0 Å². The topological polar surface area (TPSA) is 69.1 Å². The third-order valence-electron chi connectivity index (χ3n) is 3.61. The van der Waals surface area contributed by atoms with E-state index in [0.717, 1.165) is 5.69 Å². The average molecular weight is 322 g/mol. The smallest absolute Gasteiger partial charge is 0.272 e. The lowest BCUT2D eigenvalue weighted by Gasteiger charge is -2.28. The molecule has 0 spiro atoms. The van der Waals surface area contributed by atoms with Crippen molar-refractivity contribution in [2.75, 3.05) is 25.0 Å². The van der Waals surface area contributed by atoms with Crippen LogP contribution in [-0.2, 0) is 0 Å². The molecule has 128 valence electrons. The summed E-state index contributed by atoms with van der Waals surface area (Å²) in [6.07, 6.45) is 1.53. The van der Waals surface area contributed by atoms with Crippen LogP contribution in [0.2, 0.25) is 0 Å². The van der Waals surface area contributed by atoms with E-state index in [1.807, 2.05) is 20.8 Å². The highest BCUT2D eigenvalue weighted by Crippen LogP contribution is 2.20. The van der Waals surface area contributed by atoms with Gasteiger partial charge in [0.15, 0.2) is 0 Å². The third kappa shape index (κ3) is 5.01. The fraction of sp³-hybridized carbons (Fsp3) is 0.588. The van der Waals surface area contributed by atoms with Gasteiger partial charge in [0, 0.05) is 42.8 Å². The SMILES string of the molecule is CC.CCNc1cc(C(=O)N2CCC(F)CC2)ncc1C(C)=N. The third-order valence-corrected chi connectivity index (χ3v) is 3.61. The van der Waals surface area contributed by atoms with Crippen molar-refractivity contribution in [2.24, 2.45) is 0 Å². The van der Waals surface area contributed by atoms with E-state index < -0.39 is 6.17 Å². The zero-order valence-corrected chi connectivity index (χ0v) is 14.4. The van der Waals surface area contributed by atoms with Gasteiger partial charge in [-0.15, -0.1) is 0 Å². The van der Waals surface area contributed by atoms with E-state index in [1.165, 1.54) is 0 Å². The number of carbonyl (C=O) groups excluding carboxylic acids is 1. The van der Waals surface area contributed by atoms with Gasteiger partial charge in [0.05, 0.1) is 0 Å². The zero-order chi connectivity index (χ0) is 17.4. The number of pyridine rings is 1. The van der Waals surface area contributed by atoms with Gasteiger partial charge in [0.1, 0.15) is 11.9 Å². The van der Waals surface area contributed by atoms with Gasteiger partial charge in [-0.3, -0.25) is 9.78 Å². The first-order valence-corrected chi connectivity index (χ1v) is 8.25. The number of anilines is 1. The lowest BCUT2D eigenvalue weighted by atomic mass is 10.1. The minimum absolute atomic E-state index is 0.171. The van der Waals surface area contributed by atoms with Crippen LogP contribution < -0.4 is 5.32 Å². The number of likely N-dealkylation sites (tertiary alicyclic amines) is 1. The van der Waals surface area contributed by atoms with Crippen LogP contribution in [0, 0.1) is 5.41 Å². The van der Waals surface area contributed by atoms with E-state index in [4.69, 9.17) is 5.41 Å². The second kappa shape index (κ2) is 9.22. The summed E-state index contributed by atoms with van der Waals surface area (Å²) in [7, 11) is 0. The molecule has 0 saturated carbocycles. The lowest BCUT2D eigenvalue weighted by Crippen LogP contribution is -2.39. The van der Waals surface area contributed by atoms with E-state index >= 15 is 0 Å². The minimum atomic E-state index is -0.803. The summed E-state index contributed by atoms with van der Waals surface area (Å²) in [5.41, 5.74) is 2.17.